The van der Waals surface area contributed by atoms with Crippen LogP contribution in [-0.2, 0) is 14.3 Å². The number of esters is 1. The fourth-order valence-electron chi connectivity index (χ4n) is 3.11. The third-order valence-corrected chi connectivity index (χ3v) is 4.85. The highest BCUT2D eigenvalue weighted by atomic mass is 19.1. The van der Waals surface area contributed by atoms with Gasteiger partial charge in [-0.3, -0.25) is 29.6 Å². The standard InChI is InChI=1S/C22H21FN2O7/c1-30-18-8-5-14(9-19(18)31-2)21(28)24-25-11-15(10-20(25)27)22(29)32-12-17(26)13-3-6-16(23)7-4-13/h3-9,15H,10-12H2,1-2H3,(H,24,28). The highest BCUT2D eigenvalue weighted by Crippen LogP contribution is 2.27. The maximum Gasteiger partial charge on any atom is 0.311 e. The van der Waals surface area contributed by atoms with Crippen molar-refractivity contribution in [3.8, 4) is 11.5 Å². The van der Waals surface area contributed by atoms with Crippen molar-refractivity contribution in [2.75, 3.05) is 27.4 Å². The molecule has 2 amide bonds. The normalized spacial score (nSPS) is 15.3. The number of carbonyl (C=O) groups is 4. The summed E-state index contributed by atoms with van der Waals surface area (Å²) < 4.78 is 28.2. The van der Waals surface area contributed by atoms with Crippen LogP contribution in [0.4, 0.5) is 4.39 Å². The molecule has 1 unspecified atom stereocenters. The number of amides is 2. The molecule has 32 heavy (non-hydrogen) atoms. The molecule has 2 aromatic rings. The van der Waals surface area contributed by atoms with E-state index < -0.39 is 41.9 Å². The Labute approximate surface area is 183 Å². The Hall–Kier alpha value is -3.95. The van der Waals surface area contributed by atoms with Crippen molar-refractivity contribution in [2.24, 2.45) is 5.92 Å². The fraction of sp³-hybridized carbons (Fsp3) is 0.273. The predicted octanol–water partition coefficient (Wildman–Crippen LogP) is 1.76. The first kappa shape index (κ1) is 22.7. The highest BCUT2D eigenvalue weighted by Gasteiger charge is 2.36. The zero-order valence-electron chi connectivity index (χ0n) is 17.4. The summed E-state index contributed by atoms with van der Waals surface area (Å²) in [4.78, 5) is 49.1. The first-order chi connectivity index (χ1) is 15.3. The van der Waals surface area contributed by atoms with E-state index in [1.165, 1.54) is 38.5 Å². The number of benzene rings is 2. The quantitative estimate of drug-likeness (QED) is 0.488. The van der Waals surface area contributed by atoms with Crippen molar-refractivity contribution in [2.45, 2.75) is 6.42 Å². The van der Waals surface area contributed by atoms with Crippen LogP contribution in [0.25, 0.3) is 0 Å². The molecule has 0 bridgehead atoms. The third-order valence-electron chi connectivity index (χ3n) is 4.85. The van der Waals surface area contributed by atoms with Crippen molar-refractivity contribution >= 4 is 23.6 Å². The van der Waals surface area contributed by atoms with E-state index in [1.54, 1.807) is 6.07 Å². The Bertz CT molecular complexity index is 1040. The predicted molar refractivity (Wildman–Crippen MR) is 109 cm³/mol. The van der Waals surface area contributed by atoms with Crippen molar-refractivity contribution in [1.29, 1.82) is 0 Å². The molecule has 2 aromatic carbocycles. The maximum atomic E-state index is 12.9. The average molecular weight is 444 g/mol. The van der Waals surface area contributed by atoms with E-state index in [0.29, 0.717) is 11.5 Å². The van der Waals surface area contributed by atoms with E-state index in [9.17, 15) is 23.6 Å². The van der Waals surface area contributed by atoms with Crippen molar-refractivity contribution in [3.05, 3.63) is 59.4 Å². The molecule has 1 heterocycles. The Morgan fingerprint density at radius 3 is 2.34 bits per heavy atom. The van der Waals surface area contributed by atoms with Crippen LogP contribution in [-0.4, -0.2) is 55.9 Å². The molecule has 0 spiro atoms. The van der Waals surface area contributed by atoms with E-state index in [0.717, 1.165) is 17.1 Å². The molecule has 1 aliphatic heterocycles. The Kier molecular flexibility index (Phi) is 7.04. The lowest BCUT2D eigenvalue weighted by atomic mass is 10.1. The van der Waals surface area contributed by atoms with E-state index in [-0.39, 0.29) is 24.1 Å². The molecule has 3 rings (SSSR count). The SMILES string of the molecule is COc1ccc(C(=O)NN2CC(C(=O)OCC(=O)c3ccc(F)cc3)CC2=O)cc1OC. The molecule has 1 atom stereocenters. The van der Waals surface area contributed by atoms with Crippen LogP contribution >= 0.6 is 0 Å². The van der Waals surface area contributed by atoms with Gasteiger partial charge in [0.1, 0.15) is 5.82 Å². The Morgan fingerprint density at radius 2 is 1.69 bits per heavy atom. The number of nitrogens with zero attached hydrogens (tertiary/aromatic N) is 1. The molecule has 0 aromatic heterocycles. The van der Waals surface area contributed by atoms with Gasteiger partial charge < -0.3 is 14.2 Å². The monoisotopic (exact) mass is 444 g/mol. The topological polar surface area (TPSA) is 111 Å². The molecule has 168 valence electrons. The van der Waals surface area contributed by atoms with Gasteiger partial charge in [0.05, 0.1) is 26.7 Å². The minimum atomic E-state index is -0.839. The van der Waals surface area contributed by atoms with Gasteiger partial charge >= 0.3 is 5.97 Å². The molecule has 1 aliphatic rings. The van der Waals surface area contributed by atoms with Crippen molar-refractivity contribution in [3.63, 3.8) is 0 Å². The van der Waals surface area contributed by atoms with Crippen molar-refractivity contribution in [1.82, 2.24) is 10.4 Å². The summed E-state index contributed by atoms with van der Waals surface area (Å²) in [5, 5.41) is 1.03. The number of hydrogen-bond acceptors (Lipinski definition) is 7. The molecule has 0 saturated carbocycles. The second-order valence-electron chi connectivity index (χ2n) is 6.95. The zero-order chi connectivity index (χ0) is 23.3. The van der Waals surface area contributed by atoms with Crippen molar-refractivity contribution < 1.29 is 37.8 Å². The number of rotatable bonds is 8. The van der Waals surface area contributed by atoms with Crippen LogP contribution < -0.4 is 14.9 Å². The van der Waals surface area contributed by atoms with Gasteiger partial charge in [0.15, 0.2) is 23.9 Å². The van der Waals surface area contributed by atoms with Gasteiger partial charge in [-0.15, -0.1) is 0 Å². The zero-order valence-corrected chi connectivity index (χ0v) is 17.4. The third kappa shape index (κ3) is 5.20. The fourth-order valence-corrected chi connectivity index (χ4v) is 3.11. The summed E-state index contributed by atoms with van der Waals surface area (Å²) in [6.45, 7) is -0.630. The second-order valence-corrected chi connectivity index (χ2v) is 6.95. The first-order valence-corrected chi connectivity index (χ1v) is 9.61. The summed E-state index contributed by atoms with van der Waals surface area (Å²) in [6.07, 6.45) is -0.171. The van der Waals surface area contributed by atoms with Crippen LogP contribution in [0.1, 0.15) is 27.1 Å². The molecule has 9 nitrogen and oxygen atoms in total. The van der Waals surface area contributed by atoms with E-state index in [4.69, 9.17) is 14.2 Å². The van der Waals surface area contributed by atoms with E-state index in [1.807, 2.05) is 0 Å². The van der Waals surface area contributed by atoms with Gasteiger partial charge in [-0.2, -0.15) is 0 Å². The van der Waals surface area contributed by atoms with Gasteiger partial charge in [0.25, 0.3) is 5.91 Å². The van der Waals surface area contributed by atoms with Crippen LogP contribution in [0.3, 0.4) is 0 Å². The molecule has 1 saturated heterocycles. The molecule has 10 heteroatoms. The summed E-state index contributed by atoms with van der Waals surface area (Å²) in [5.74, 6) is -2.81. The van der Waals surface area contributed by atoms with Gasteiger partial charge in [-0.05, 0) is 42.5 Å². The van der Waals surface area contributed by atoms with Crippen LogP contribution in [0.5, 0.6) is 11.5 Å². The molecule has 1 N–H and O–H groups in total. The molecular formula is C22H21FN2O7. The second kappa shape index (κ2) is 9.90. The van der Waals surface area contributed by atoms with Gasteiger partial charge in [0.2, 0.25) is 5.91 Å². The average Bonchev–Trinajstić information content (AvgIpc) is 3.17. The van der Waals surface area contributed by atoms with Gasteiger partial charge in [-0.25, -0.2) is 4.39 Å². The lowest BCUT2D eigenvalue weighted by Gasteiger charge is -2.18. The Balaban J connectivity index is 1.55. The molecule has 0 radical (unpaired) electrons. The Morgan fingerprint density at radius 1 is 1.03 bits per heavy atom. The number of ether oxygens (including phenoxy) is 3. The number of nitrogens with one attached hydrogen (secondary N) is 1. The number of hydrogen-bond donors (Lipinski definition) is 1. The number of carbonyl (C=O) groups excluding carboxylic acids is 4. The summed E-state index contributed by atoms with van der Waals surface area (Å²) >= 11 is 0. The lowest BCUT2D eigenvalue weighted by Crippen LogP contribution is -2.43. The van der Waals surface area contributed by atoms with E-state index >= 15 is 0 Å². The van der Waals surface area contributed by atoms with Crippen LogP contribution in [0.2, 0.25) is 0 Å². The molecular weight excluding hydrogens is 423 g/mol. The van der Waals surface area contributed by atoms with Crippen LogP contribution in [0, 0.1) is 11.7 Å². The number of Topliss-reactive ketones (excluding diaryl/α,β-unsaturated/α-hetero) is 1. The smallest absolute Gasteiger partial charge is 0.311 e. The first-order valence-electron chi connectivity index (χ1n) is 9.61. The van der Waals surface area contributed by atoms with Gasteiger partial charge in [0, 0.05) is 17.5 Å². The number of ketones is 1. The summed E-state index contributed by atoms with van der Waals surface area (Å²) in [6, 6.07) is 9.35. The number of methoxy groups -OCH3 is 2. The minimum absolute atomic E-state index is 0.0958. The van der Waals surface area contributed by atoms with E-state index in [2.05, 4.69) is 5.43 Å². The summed E-state index contributed by atoms with van der Waals surface area (Å²) in [5.41, 5.74) is 2.88. The van der Waals surface area contributed by atoms with Crippen LogP contribution in [0.15, 0.2) is 42.5 Å². The molecule has 1 fully saturated rings. The minimum Gasteiger partial charge on any atom is -0.493 e. The molecule has 0 aliphatic carbocycles. The number of halogens is 1. The highest BCUT2D eigenvalue weighted by molar-refractivity contribution is 5.99. The summed E-state index contributed by atoms with van der Waals surface area (Å²) in [7, 11) is 2.90. The van der Waals surface area contributed by atoms with Gasteiger partial charge in [-0.1, -0.05) is 0 Å². The lowest BCUT2D eigenvalue weighted by molar-refractivity contribution is -0.147. The maximum absolute atomic E-state index is 12.9. The largest absolute Gasteiger partial charge is 0.493 e. The number of hydrazine groups is 1.